The van der Waals surface area contributed by atoms with E-state index in [-0.39, 0.29) is 16.9 Å². The highest BCUT2D eigenvalue weighted by molar-refractivity contribution is 6.31. The molecule has 1 amide bonds. The Labute approximate surface area is 223 Å². The summed E-state index contributed by atoms with van der Waals surface area (Å²) in [5, 5.41) is 3.83. The lowest BCUT2D eigenvalue weighted by Gasteiger charge is -2.35. The van der Waals surface area contributed by atoms with Crippen LogP contribution in [-0.2, 0) is 14.3 Å². The summed E-state index contributed by atoms with van der Waals surface area (Å²) in [5.41, 5.74) is 7.95. The normalized spacial score (nSPS) is 18.0. The number of esters is 1. The Morgan fingerprint density at radius 1 is 1.21 bits per heavy atom. The summed E-state index contributed by atoms with van der Waals surface area (Å²) in [6.07, 6.45) is 2.38. The zero-order chi connectivity index (χ0) is 26.6. The van der Waals surface area contributed by atoms with Crippen LogP contribution in [0.5, 0.6) is 5.75 Å². The van der Waals surface area contributed by atoms with Crippen molar-refractivity contribution in [2.45, 2.75) is 25.4 Å². The molecule has 0 bridgehead atoms. The van der Waals surface area contributed by atoms with Crippen molar-refractivity contribution < 1.29 is 23.5 Å². The molecule has 3 heterocycles. The number of benzene rings is 2. The molecule has 38 heavy (non-hydrogen) atoms. The van der Waals surface area contributed by atoms with Gasteiger partial charge in [-0.25, -0.2) is 14.4 Å². The topological polar surface area (TPSA) is 123 Å². The molecule has 3 aromatic rings. The molecule has 2 saturated heterocycles. The van der Waals surface area contributed by atoms with E-state index in [0.29, 0.717) is 66.4 Å². The summed E-state index contributed by atoms with van der Waals surface area (Å²) >= 11 is 5.88. The highest BCUT2D eigenvalue weighted by Gasteiger charge is 2.34. The van der Waals surface area contributed by atoms with Crippen LogP contribution in [0.15, 0.2) is 36.7 Å². The van der Waals surface area contributed by atoms with Gasteiger partial charge in [-0.3, -0.25) is 14.5 Å². The van der Waals surface area contributed by atoms with Crippen LogP contribution < -0.4 is 15.8 Å². The number of nitrogens with two attached hydrogens (primary N) is 1. The lowest BCUT2D eigenvalue weighted by molar-refractivity contribution is -0.153. The maximum atomic E-state index is 13.5. The molecule has 0 aliphatic carbocycles. The Morgan fingerprint density at radius 3 is 2.76 bits per heavy atom. The number of carbonyl (C=O) groups is 2. The molecule has 1 unspecified atom stereocenters. The van der Waals surface area contributed by atoms with Gasteiger partial charge in [0, 0.05) is 62.7 Å². The second-order valence-electron chi connectivity index (χ2n) is 9.27. The molecule has 2 fully saturated rings. The van der Waals surface area contributed by atoms with E-state index in [4.69, 9.17) is 26.8 Å². The molecule has 0 radical (unpaired) electrons. The first-order valence-corrected chi connectivity index (χ1v) is 12.8. The smallest absolute Gasteiger partial charge is 0.306 e. The van der Waals surface area contributed by atoms with E-state index in [1.165, 1.54) is 18.5 Å². The number of nitrogens with zero attached hydrogens (tertiary/aromatic N) is 4. The van der Waals surface area contributed by atoms with Crippen LogP contribution in [0.1, 0.15) is 19.3 Å². The lowest BCUT2D eigenvalue weighted by Crippen LogP contribution is -2.51. The number of amides is 1. The van der Waals surface area contributed by atoms with Crippen LogP contribution in [0.3, 0.4) is 0 Å². The number of nitrogens with one attached hydrogen (secondary N) is 1. The highest BCUT2D eigenvalue weighted by Crippen LogP contribution is 2.32. The zero-order valence-corrected chi connectivity index (χ0v) is 21.4. The first-order valence-electron chi connectivity index (χ1n) is 12.5. The Morgan fingerprint density at radius 2 is 2.03 bits per heavy atom. The van der Waals surface area contributed by atoms with E-state index in [2.05, 4.69) is 20.2 Å². The van der Waals surface area contributed by atoms with Crippen molar-refractivity contribution >= 4 is 51.6 Å². The number of hydrogen-bond acceptors (Lipinski definition) is 9. The number of halogens is 2. The number of nitrogen functional groups attached to an aromatic ring is 1. The van der Waals surface area contributed by atoms with Crippen molar-refractivity contribution in [2.75, 3.05) is 50.4 Å². The molecule has 10 nitrogen and oxygen atoms in total. The molecule has 0 saturated carbocycles. The van der Waals surface area contributed by atoms with E-state index >= 15 is 0 Å². The number of piperazine rings is 1. The van der Waals surface area contributed by atoms with Crippen molar-refractivity contribution in [3.8, 4) is 5.75 Å². The Kier molecular flexibility index (Phi) is 7.75. The summed E-state index contributed by atoms with van der Waals surface area (Å²) in [4.78, 5) is 36.5. The molecule has 0 spiro atoms. The fourth-order valence-electron chi connectivity index (χ4n) is 4.60. The van der Waals surface area contributed by atoms with Crippen molar-refractivity contribution in [1.29, 1.82) is 0 Å². The second kappa shape index (κ2) is 11.4. The molecule has 5 rings (SSSR count). The third kappa shape index (κ3) is 5.89. The molecule has 1 aromatic heterocycles. The number of aromatic nitrogens is 2. The summed E-state index contributed by atoms with van der Waals surface area (Å²) in [6, 6.07) is 7.85. The zero-order valence-electron chi connectivity index (χ0n) is 20.7. The van der Waals surface area contributed by atoms with Crippen molar-refractivity contribution in [2.24, 2.45) is 0 Å². The van der Waals surface area contributed by atoms with Gasteiger partial charge in [0.05, 0.1) is 22.8 Å². The number of fused-ring (bicyclic) bond motifs is 1. The van der Waals surface area contributed by atoms with Crippen LogP contribution >= 0.6 is 11.6 Å². The summed E-state index contributed by atoms with van der Waals surface area (Å²) in [7, 11) is 0. The van der Waals surface area contributed by atoms with E-state index in [9.17, 15) is 14.0 Å². The number of rotatable bonds is 8. The van der Waals surface area contributed by atoms with Crippen LogP contribution in [0.4, 0.5) is 21.6 Å². The maximum absolute atomic E-state index is 13.5. The molecule has 12 heteroatoms. The quantitative estimate of drug-likeness (QED) is 0.250. The molecule has 2 aliphatic rings. The Bertz CT molecular complexity index is 1350. The van der Waals surface area contributed by atoms with Gasteiger partial charge < -0.3 is 25.4 Å². The van der Waals surface area contributed by atoms with Gasteiger partial charge in [-0.05, 0) is 30.7 Å². The minimum atomic E-state index is -0.617. The van der Waals surface area contributed by atoms with Crippen molar-refractivity contribution in [3.63, 3.8) is 0 Å². The fraction of sp³-hybridized carbons (Fsp3) is 0.385. The fourth-order valence-corrected chi connectivity index (χ4v) is 4.78. The molecule has 3 N–H and O–H groups in total. The third-order valence-electron chi connectivity index (χ3n) is 6.67. The first-order chi connectivity index (χ1) is 18.4. The summed E-state index contributed by atoms with van der Waals surface area (Å²) in [5.74, 6) is 0.164. The predicted molar refractivity (Wildman–Crippen MR) is 141 cm³/mol. The highest BCUT2D eigenvalue weighted by atomic mass is 35.5. The lowest BCUT2D eigenvalue weighted by atomic mass is 10.2. The number of ether oxygens (including phenoxy) is 2. The summed E-state index contributed by atoms with van der Waals surface area (Å²) < 4.78 is 24.5. The average molecular weight is 543 g/mol. The molecule has 1 atom stereocenters. The van der Waals surface area contributed by atoms with Crippen LogP contribution in [0, 0.1) is 5.82 Å². The van der Waals surface area contributed by atoms with E-state index in [1.54, 1.807) is 23.1 Å². The van der Waals surface area contributed by atoms with Gasteiger partial charge in [0.25, 0.3) is 5.91 Å². The predicted octanol–water partition coefficient (Wildman–Crippen LogP) is 3.37. The van der Waals surface area contributed by atoms with Crippen LogP contribution in [0.2, 0.25) is 5.02 Å². The molecular weight excluding hydrogens is 515 g/mol. The van der Waals surface area contributed by atoms with Gasteiger partial charge in [0.2, 0.25) is 0 Å². The minimum absolute atomic E-state index is 0.00953. The standard InChI is InChI=1S/C26H28ClFN6O4/c27-18-12-16(2-3-19(18)28)32-25-17-13-20(29)23(14-21(17)30-15-31-25)37-11-1-6-33-7-9-34(10-8-33)26(36)22-4-5-24(35)38-22/h2-3,12-15,22H,1,4-11,29H2,(H,30,31,32). The number of cyclic esters (lactones) is 1. The SMILES string of the molecule is Nc1cc2c(Nc3ccc(F)c(Cl)c3)ncnc2cc1OCCCN1CCN(C(=O)C2CCC(=O)O2)CC1. The molecule has 2 aromatic carbocycles. The number of hydrogen-bond donors (Lipinski definition) is 2. The number of carbonyl (C=O) groups excluding carboxylic acids is 2. The molecular formula is C26H28ClFN6O4. The molecule has 2 aliphatic heterocycles. The largest absolute Gasteiger partial charge is 0.491 e. The molecule has 200 valence electrons. The first kappa shape index (κ1) is 25.9. The van der Waals surface area contributed by atoms with Crippen LogP contribution in [0.25, 0.3) is 10.9 Å². The van der Waals surface area contributed by atoms with Gasteiger partial charge in [0.1, 0.15) is 23.7 Å². The van der Waals surface area contributed by atoms with Gasteiger partial charge in [-0.15, -0.1) is 0 Å². The van der Waals surface area contributed by atoms with E-state index in [0.717, 1.165) is 26.1 Å². The van der Waals surface area contributed by atoms with Gasteiger partial charge in [-0.1, -0.05) is 11.6 Å². The second-order valence-corrected chi connectivity index (χ2v) is 9.68. The number of anilines is 3. The van der Waals surface area contributed by atoms with Crippen molar-refractivity contribution in [1.82, 2.24) is 19.8 Å². The maximum Gasteiger partial charge on any atom is 0.306 e. The summed E-state index contributed by atoms with van der Waals surface area (Å²) in [6.45, 7) is 4.05. The van der Waals surface area contributed by atoms with E-state index in [1.807, 2.05) is 0 Å². The van der Waals surface area contributed by atoms with Crippen LogP contribution in [-0.4, -0.2) is 77.1 Å². The van der Waals surface area contributed by atoms with Gasteiger partial charge >= 0.3 is 5.97 Å². The Balaban J connectivity index is 1.12. The monoisotopic (exact) mass is 542 g/mol. The van der Waals surface area contributed by atoms with E-state index < -0.39 is 11.9 Å². The average Bonchev–Trinajstić information content (AvgIpc) is 3.35. The Hall–Kier alpha value is -3.70. The van der Waals surface area contributed by atoms with Gasteiger partial charge in [-0.2, -0.15) is 0 Å². The third-order valence-corrected chi connectivity index (χ3v) is 6.96. The van der Waals surface area contributed by atoms with Crippen molar-refractivity contribution in [3.05, 3.63) is 47.5 Å². The van der Waals surface area contributed by atoms with Gasteiger partial charge in [0.15, 0.2) is 6.10 Å². The minimum Gasteiger partial charge on any atom is -0.491 e.